The molecule has 2 rings (SSSR count). The number of carbonyl (C=O) groups excluding carboxylic acids is 2. The van der Waals surface area contributed by atoms with Crippen LogP contribution >= 0.6 is 0 Å². The lowest BCUT2D eigenvalue weighted by atomic mass is 9.75. The van der Waals surface area contributed by atoms with Crippen LogP contribution in [-0.2, 0) is 10.2 Å². The van der Waals surface area contributed by atoms with Crippen molar-refractivity contribution in [1.29, 1.82) is 0 Å². The Morgan fingerprint density at radius 3 is 2.50 bits per heavy atom. The van der Waals surface area contributed by atoms with Crippen molar-refractivity contribution in [2.24, 2.45) is 11.1 Å². The second kappa shape index (κ2) is 5.71. The third kappa shape index (κ3) is 3.29. The summed E-state index contributed by atoms with van der Waals surface area (Å²) in [4.78, 5) is 23.1. The van der Waals surface area contributed by atoms with Crippen LogP contribution in [0.2, 0.25) is 0 Å². The molecule has 3 nitrogen and oxygen atoms in total. The highest BCUT2D eigenvalue weighted by Gasteiger charge is 2.26. The maximum Gasteiger partial charge on any atom is 0.249 e. The molecular formula is C19H25NO2. The number of benzene rings is 1. The number of allylic oxidation sites excluding steroid dienone is 2. The molecule has 0 aliphatic heterocycles. The van der Waals surface area contributed by atoms with Crippen LogP contribution in [0.3, 0.4) is 0 Å². The Hall–Kier alpha value is -1.90. The average Bonchev–Trinajstić information content (AvgIpc) is 2.46. The van der Waals surface area contributed by atoms with Crippen molar-refractivity contribution in [2.75, 3.05) is 0 Å². The monoisotopic (exact) mass is 299 g/mol. The second-order valence-corrected chi connectivity index (χ2v) is 7.56. The molecule has 1 amide bonds. The first-order valence-corrected chi connectivity index (χ1v) is 7.76. The van der Waals surface area contributed by atoms with Gasteiger partial charge in [0.15, 0.2) is 0 Å². The molecule has 118 valence electrons. The molecule has 0 bridgehead atoms. The number of carbonyl (C=O) groups is 2. The van der Waals surface area contributed by atoms with Crippen molar-refractivity contribution in [3.8, 4) is 0 Å². The minimum atomic E-state index is -0.570. The van der Waals surface area contributed by atoms with Gasteiger partial charge in [0.25, 0.3) is 0 Å². The SMILES string of the molecule is CC1(C)CC=C(c2cc(C(C)(C)C=O)ccc2C(N)=O)CC1. The smallest absolute Gasteiger partial charge is 0.249 e. The Morgan fingerprint density at radius 1 is 1.32 bits per heavy atom. The van der Waals surface area contributed by atoms with Gasteiger partial charge in [-0.1, -0.05) is 26.0 Å². The predicted octanol–water partition coefficient (Wildman–Crippen LogP) is 3.86. The summed E-state index contributed by atoms with van der Waals surface area (Å²) in [6.45, 7) is 8.26. The van der Waals surface area contributed by atoms with Crippen LogP contribution in [0.1, 0.15) is 68.4 Å². The number of nitrogens with two attached hydrogens (primary N) is 1. The zero-order valence-electron chi connectivity index (χ0n) is 13.9. The third-order valence-corrected chi connectivity index (χ3v) is 4.64. The van der Waals surface area contributed by atoms with Crippen molar-refractivity contribution in [3.05, 3.63) is 41.0 Å². The van der Waals surface area contributed by atoms with Crippen molar-refractivity contribution in [3.63, 3.8) is 0 Å². The van der Waals surface area contributed by atoms with E-state index in [1.165, 1.54) is 0 Å². The first-order chi connectivity index (χ1) is 10.2. The molecular weight excluding hydrogens is 274 g/mol. The number of hydrogen-bond donors (Lipinski definition) is 1. The topological polar surface area (TPSA) is 60.2 Å². The maximum absolute atomic E-state index is 11.7. The molecule has 3 heteroatoms. The lowest BCUT2D eigenvalue weighted by molar-refractivity contribution is -0.111. The van der Waals surface area contributed by atoms with E-state index in [0.29, 0.717) is 11.0 Å². The molecule has 1 aromatic carbocycles. The Labute approximate surface area is 132 Å². The standard InChI is InChI=1S/C19H25NO2/c1-18(2)9-7-13(8-10-18)16-11-14(19(3,4)12-21)5-6-15(16)17(20)22/h5-7,11-12H,8-10H2,1-4H3,(H2,20,22). The molecule has 0 radical (unpaired) electrons. The first kappa shape index (κ1) is 16.5. The van der Waals surface area contributed by atoms with E-state index >= 15 is 0 Å². The van der Waals surface area contributed by atoms with Gasteiger partial charge in [-0.15, -0.1) is 0 Å². The Kier molecular flexibility index (Phi) is 4.28. The molecule has 0 unspecified atom stereocenters. The summed E-state index contributed by atoms with van der Waals surface area (Å²) in [5.74, 6) is -0.420. The molecule has 22 heavy (non-hydrogen) atoms. The summed E-state index contributed by atoms with van der Waals surface area (Å²) >= 11 is 0. The van der Waals surface area contributed by atoms with E-state index in [-0.39, 0.29) is 0 Å². The molecule has 0 aromatic heterocycles. The number of primary amides is 1. The van der Waals surface area contributed by atoms with Crippen LogP contribution in [0, 0.1) is 5.41 Å². The molecule has 2 N–H and O–H groups in total. The van der Waals surface area contributed by atoms with Gasteiger partial charge in [0.2, 0.25) is 5.91 Å². The van der Waals surface area contributed by atoms with E-state index in [1.54, 1.807) is 6.07 Å². The van der Waals surface area contributed by atoms with Crippen LogP contribution in [0.4, 0.5) is 0 Å². The van der Waals surface area contributed by atoms with Gasteiger partial charge in [-0.25, -0.2) is 0 Å². The Bertz CT molecular complexity index is 639. The van der Waals surface area contributed by atoms with Gasteiger partial charge in [-0.3, -0.25) is 4.79 Å². The van der Waals surface area contributed by atoms with Crippen LogP contribution in [0.15, 0.2) is 24.3 Å². The van der Waals surface area contributed by atoms with Crippen molar-refractivity contribution in [1.82, 2.24) is 0 Å². The van der Waals surface area contributed by atoms with E-state index in [1.807, 2.05) is 26.0 Å². The summed E-state index contributed by atoms with van der Waals surface area (Å²) in [6.07, 6.45) is 6.15. The van der Waals surface area contributed by atoms with Crippen LogP contribution < -0.4 is 5.73 Å². The molecule has 0 fully saturated rings. The van der Waals surface area contributed by atoms with Crippen LogP contribution in [-0.4, -0.2) is 12.2 Å². The van der Waals surface area contributed by atoms with Gasteiger partial charge < -0.3 is 10.5 Å². The minimum Gasteiger partial charge on any atom is -0.366 e. The van der Waals surface area contributed by atoms with Gasteiger partial charge >= 0.3 is 0 Å². The van der Waals surface area contributed by atoms with Crippen molar-refractivity contribution < 1.29 is 9.59 Å². The molecule has 1 aliphatic rings. The zero-order chi connectivity index (χ0) is 16.5. The van der Waals surface area contributed by atoms with Crippen LogP contribution in [0.25, 0.3) is 5.57 Å². The molecule has 1 aliphatic carbocycles. The summed E-state index contributed by atoms with van der Waals surface area (Å²) < 4.78 is 0. The van der Waals surface area contributed by atoms with Crippen molar-refractivity contribution in [2.45, 2.75) is 52.4 Å². The number of aldehydes is 1. The maximum atomic E-state index is 11.7. The van der Waals surface area contributed by atoms with Gasteiger partial charge in [0.05, 0.1) is 0 Å². The van der Waals surface area contributed by atoms with Crippen LogP contribution in [0.5, 0.6) is 0 Å². The van der Waals surface area contributed by atoms with E-state index in [9.17, 15) is 9.59 Å². The first-order valence-electron chi connectivity index (χ1n) is 7.76. The molecule has 0 atom stereocenters. The highest BCUT2D eigenvalue weighted by Crippen LogP contribution is 2.39. The Balaban J connectivity index is 2.53. The van der Waals surface area contributed by atoms with E-state index < -0.39 is 11.3 Å². The number of rotatable bonds is 4. The highest BCUT2D eigenvalue weighted by molar-refractivity contribution is 5.98. The fourth-order valence-corrected chi connectivity index (χ4v) is 2.81. The summed E-state index contributed by atoms with van der Waals surface area (Å²) in [7, 11) is 0. The van der Waals surface area contributed by atoms with Gasteiger partial charge in [0.1, 0.15) is 6.29 Å². The van der Waals surface area contributed by atoms with Gasteiger partial charge in [0, 0.05) is 11.0 Å². The largest absolute Gasteiger partial charge is 0.366 e. The van der Waals surface area contributed by atoms with Gasteiger partial charge in [-0.05, 0) is 67.4 Å². The van der Waals surface area contributed by atoms with Gasteiger partial charge in [-0.2, -0.15) is 0 Å². The fourth-order valence-electron chi connectivity index (χ4n) is 2.81. The molecule has 0 saturated heterocycles. The lowest BCUT2D eigenvalue weighted by Crippen LogP contribution is -2.21. The van der Waals surface area contributed by atoms with E-state index in [4.69, 9.17) is 5.73 Å². The number of amides is 1. The molecule has 0 spiro atoms. The fraction of sp³-hybridized carbons (Fsp3) is 0.474. The lowest BCUT2D eigenvalue weighted by Gasteiger charge is -2.29. The zero-order valence-corrected chi connectivity index (χ0v) is 13.9. The van der Waals surface area contributed by atoms with E-state index in [0.717, 1.165) is 42.2 Å². The summed E-state index contributed by atoms with van der Waals surface area (Å²) in [6, 6.07) is 5.53. The van der Waals surface area contributed by atoms with E-state index in [2.05, 4.69) is 19.9 Å². The number of hydrogen-bond acceptors (Lipinski definition) is 2. The Morgan fingerprint density at radius 2 is 2.00 bits per heavy atom. The molecule has 0 saturated carbocycles. The van der Waals surface area contributed by atoms with Crippen molar-refractivity contribution >= 4 is 17.8 Å². The molecule has 0 heterocycles. The summed E-state index contributed by atoms with van der Waals surface area (Å²) in [5, 5.41) is 0. The second-order valence-electron chi connectivity index (χ2n) is 7.56. The average molecular weight is 299 g/mol. The third-order valence-electron chi connectivity index (χ3n) is 4.64. The quantitative estimate of drug-likeness (QED) is 0.858. The summed E-state index contributed by atoms with van der Waals surface area (Å²) in [5.41, 5.74) is 8.76. The normalized spacial score (nSPS) is 17.7. The predicted molar refractivity (Wildman–Crippen MR) is 89.7 cm³/mol. The highest BCUT2D eigenvalue weighted by atomic mass is 16.1. The molecule has 1 aromatic rings. The minimum absolute atomic E-state index is 0.302.